The molecule has 0 bridgehead atoms. The Morgan fingerprint density at radius 3 is 1.44 bits per heavy atom. The van der Waals surface area contributed by atoms with Gasteiger partial charge in [-0.15, -0.1) is 0 Å². The third-order valence-corrected chi connectivity index (χ3v) is 6.61. The molecule has 0 radical (unpaired) electrons. The van der Waals surface area contributed by atoms with Gasteiger partial charge in [0.2, 0.25) is 0 Å². The molecule has 2 aliphatic heterocycles. The summed E-state index contributed by atoms with van der Waals surface area (Å²) < 4.78 is 0. The number of aliphatic imine (C=N–C) groups is 2. The topological polar surface area (TPSA) is 50.5 Å². The molecular formula is C29H24N4Pt. The summed E-state index contributed by atoms with van der Waals surface area (Å²) in [5.74, 6) is 0.489. The first-order valence-corrected chi connectivity index (χ1v) is 11.4. The van der Waals surface area contributed by atoms with Gasteiger partial charge in [0, 0.05) is 50.7 Å². The van der Waals surface area contributed by atoms with Gasteiger partial charge >= 0.3 is 0 Å². The maximum atomic E-state index is 4.96. The van der Waals surface area contributed by atoms with Crippen LogP contribution in [0, 0.1) is 0 Å². The fourth-order valence-corrected chi connectivity index (χ4v) is 4.84. The van der Waals surface area contributed by atoms with E-state index in [1.54, 1.807) is 0 Å². The van der Waals surface area contributed by atoms with E-state index < -0.39 is 0 Å². The second-order valence-corrected chi connectivity index (χ2v) is 8.76. The number of pyridine rings is 2. The van der Waals surface area contributed by atoms with Crippen LogP contribution in [-0.2, 0) is 27.5 Å². The third kappa shape index (κ3) is 3.97. The zero-order valence-corrected chi connectivity index (χ0v) is 21.3. The summed E-state index contributed by atoms with van der Waals surface area (Å²) in [6, 6.07) is 29.1. The number of benzene rings is 2. The Balaban J connectivity index is 0.00000241. The molecule has 4 heterocycles. The molecule has 0 aliphatic carbocycles. The monoisotopic (exact) mass is 623 g/mol. The van der Waals surface area contributed by atoms with Crippen molar-refractivity contribution in [1.82, 2.24) is 9.97 Å². The van der Waals surface area contributed by atoms with Crippen molar-refractivity contribution in [2.45, 2.75) is 32.1 Å². The minimum Gasteiger partial charge on any atom is -0.251 e. The van der Waals surface area contributed by atoms with Crippen molar-refractivity contribution in [3.63, 3.8) is 0 Å². The van der Waals surface area contributed by atoms with Crippen molar-refractivity contribution in [3.05, 3.63) is 119 Å². The van der Waals surface area contributed by atoms with Gasteiger partial charge in [0.05, 0.1) is 34.2 Å². The van der Waals surface area contributed by atoms with Gasteiger partial charge < -0.3 is 0 Å². The predicted molar refractivity (Wildman–Crippen MR) is 133 cm³/mol. The van der Waals surface area contributed by atoms with Crippen LogP contribution < -0.4 is 0 Å². The minimum atomic E-state index is 0. The van der Waals surface area contributed by atoms with Crippen molar-refractivity contribution in [2.75, 3.05) is 0 Å². The molecule has 0 saturated carbocycles. The molecule has 0 fully saturated rings. The molecule has 0 N–H and O–H groups in total. The Bertz CT molecular complexity index is 1330. The summed E-state index contributed by atoms with van der Waals surface area (Å²) in [4.78, 5) is 19.7. The molecule has 4 nitrogen and oxygen atoms in total. The molecule has 2 aliphatic rings. The van der Waals surface area contributed by atoms with Crippen LogP contribution in [0.1, 0.15) is 59.6 Å². The van der Waals surface area contributed by atoms with E-state index in [-0.39, 0.29) is 32.9 Å². The maximum Gasteiger partial charge on any atom is 0.0854 e. The first-order valence-electron chi connectivity index (χ1n) is 11.4. The van der Waals surface area contributed by atoms with Gasteiger partial charge in [-0.25, -0.2) is 0 Å². The van der Waals surface area contributed by atoms with Gasteiger partial charge in [-0.2, -0.15) is 0 Å². The van der Waals surface area contributed by atoms with Crippen molar-refractivity contribution in [1.29, 1.82) is 0 Å². The number of hydrogen-bond acceptors (Lipinski definition) is 4. The molecule has 6 rings (SSSR count). The van der Waals surface area contributed by atoms with E-state index >= 15 is 0 Å². The molecule has 2 unspecified atom stereocenters. The summed E-state index contributed by atoms with van der Waals surface area (Å²) in [7, 11) is 0. The average Bonchev–Trinajstić information content (AvgIpc) is 3.37. The molecule has 170 valence electrons. The van der Waals surface area contributed by atoms with Crippen molar-refractivity contribution in [2.24, 2.45) is 9.98 Å². The van der Waals surface area contributed by atoms with Gasteiger partial charge in [-0.1, -0.05) is 62.4 Å². The van der Waals surface area contributed by atoms with E-state index in [0.717, 1.165) is 45.6 Å². The fraction of sp³-hybridized carbons (Fsp3) is 0.172. The van der Waals surface area contributed by atoms with Crippen molar-refractivity contribution < 1.29 is 21.1 Å². The first-order chi connectivity index (χ1) is 16.2. The Morgan fingerprint density at radius 1 is 0.559 bits per heavy atom. The zero-order chi connectivity index (χ0) is 22.4. The van der Waals surface area contributed by atoms with Crippen LogP contribution in [0.3, 0.4) is 0 Å². The fourth-order valence-electron chi connectivity index (χ4n) is 4.84. The molecule has 5 heteroatoms. The Labute approximate surface area is 214 Å². The van der Waals surface area contributed by atoms with Gasteiger partial charge in [-0.05, 0) is 47.5 Å². The van der Waals surface area contributed by atoms with Crippen LogP contribution in [0.25, 0.3) is 0 Å². The molecular weight excluding hydrogens is 599 g/mol. The molecule has 0 saturated heterocycles. The van der Waals surface area contributed by atoms with Crippen LogP contribution in [0.2, 0.25) is 0 Å². The Hall–Kier alpha value is -3.23. The number of nitrogens with zero attached hydrogens (tertiary/aromatic N) is 4. The Morgan fingerprint density at radius 2 is 1.00 bits per heavy atom. The molecule has 2 aromatic carbocycles. The van der Waals surface area contributed by atoms with E-state index in [4.69, 9.17) is 20.0 Å². The van der Waals surface area contributed by atoms with Gasteiger partial charge in [0.25, 0.3) is 0 Å². The second kappa shape index (κ2) is 9.19. The predicted octanol–water partition coefficient (Wildman–Crippen LogP) is 6.54. The minimum absolute atomic E-state index is 0. The number of para-hydroxylation sites is 2. The molecule has 4 aromatic rings. The van der Waals surface area contributed by atoms with Crippen LogP contribution in [0.15, 0.2) is 94.9 Å². The van der Waals surface area contributed by atoms with Gasteiger partial charge in [0.15, 0.2) is 0 Å². The number of aromatic nitrogens is 2. The zero-order valence-electron chi connectivity index (χ0n) is 19.0. The SMILES string of the molecule is CC1C(c2cccc(Cc3cccc(C4=Nc5ccccc5C4C)n3)n2)=Nc2ccccc21.[Pt]. The molecule has 2 aromatic heterocycles. The van der Waals surface area contributed by atoms with Crippen LogP contribution in [0.4, 0.5) is 11.4 Å². The largest absolute Gasteiger partial charge is 0.251 e. The van der Waals surface area contributed by atoms with E-state index in [2.05, 4.69) is 86.6 Å². The normalized spacial score (nSPS) is 17.9. The average molecular weight is 624 g/mol. The summed E-state index contributed by atoms with van der Waals surface area (Å²) in [5.41, 5.74) is 10.6. The van der Waals surface area contributed by atoms with Crippen LogP contribution in [0.5, 0.6) is 0 Å². The summed E-state index contributed by atoms with van der Waals surface area (Å²) in [6.07, 6.45) is 0.672. The molecule has 0 amide bonds. The van der Waals surface area contributed by atoms with E-state index in [9.17, 15) is 0 Å². The first kappa shape index (κ1) is 22.6. The van der Waals surface area contributed by atoms with Crippen LogP contribution >= 0.6 is 0 Å². The number of fused-ring (bicyclic) bond motifs is 2. The molecule has 0 spiro atoms. The van der Waals surface area contributed by atoms with Crippen LogP contribution in [-0.4, -0.2) is 21.4 Å². The van der Waals surface area contributed by atoms with Gasteiger partial charge in [-0.3, -0.25) is 20.0 Å². The number of hydrogen-bond donors (Lipinski definition) is 0. The van der Waals surface area contributed by atoms with E-state index in [1.807, 2.05) is 12.1 Å². The van der Waals surface area contributed by atoms with E-state index in [1.165, 1.54) is 11.1 Å². The quantitative estimate of drug-likeness (QED) is 0.259. The summed E-state index contributed by atoms with van der Waals surface area (Å²) in [5, 5.41) is 0. The summed E-state index contributed by atoms with van der Waals surface area (Å²) in [6.45, 7) is 4.40. The molecule has 2 atom stereocenters. The second-order valence-electron chi connectivity index (χ2n) is 8.76. The summed E-state index contributed by atoms with van der Waals surface area (Å²) >= 11 is 0. The van der Waals surface area contributed by atoms with Crippen molar-refractivity contribution in [3.8, 4) is 0 Å². The van der Waals surface area contributed by atoms with Gasteiger partial charge in [0.1, 0.15) is 0 Å². The standard InChI is InChI=1S/C29H24N4.Pt/c1-18-22-11-3-5-13-24(22)32-28(18)26-15-7-9-20(30-26)17-21-10-8-16-27(31-21)29-19(2)23-12-4-6-14-25(23)33-29;/h3-16,18-19H,17H2,1-2H3;. The third-order valence-electron chi connectivity index (χ3n) is 6.61. The number of rotatable bonds is 4. The Kier molecular flexibility index (Phi) is 6.10. The van der Waals surface area contributed by atoms with E-state index in [0.29, 0.717) is 6.42 Å². The van der Waals surface area contributed by atoms with Crippen molar-refractivity contribution >= 4 is 22.8 Å². The molecule has 34 heavy (non-hydrogen) atoms. The maximum absolute atomic E-state index is 4.96. The smallest absolute Gasteiger partial charge is 0.0854 e.